The zero-order valence-electron chi connectivity index (χ0n) is 17.1. The molecule has 1 unspecified atom stereocenters. The summed E-state index contributed by atoms with van der Waals surface area (Å²) in [5, 5.41) is 5.61. The SMILES string of the molecule is NSN1CCN(c2cnc(OCC3CCN(C(=O)OC4CCOC4)CC3)cn2)CC1. The number of likely N-dealkylation sites (tertiary alicyclic amines) is 1. The van der Waals surface area contributed by atoms with Crippen LogP contribution in [-0.2, 0) is 9.47 Å². The number of carbonyl (C=O) groups is 1. The molecule has 1 amide bonds. The molecule has 3 aliphatic rings. The van der Waals surface area contributed by atoms with Crippen molar-refractivity contribution in [2.24, 2.45) is 11.1 Å². The first-order chi connectivity index (χ1) is 14.7. The highest BCUT2D eigenvalue weighted by atomic mass is 32.2. The summed E-state index contributed by atoms with van der Waals surface area (Å²) in [6.45, 7) is 6.73. The minimum absolute atomic E-state index is 0.0940. The quantitative estimate of drug-likeness (QED) is 0.650. The van der Waals surface area contributed by atoms with E-state index in [1.165, 1.54) is 12.1 Å². The molecule has 0 radical (unpaired) electrons. The number of nitrogens with zero attached hydrogens (tertiary/aromatic N) is 5. The van der Waals surface area contributed by atoms with E-state index in [1.807, 2.05) is 0 Å². The summed E-state index contributed by atoms with van der Waals surface area (Å²) >= 11 is 1.29. The Morgan fingerprint density at radius 2 is 1.93 bits per heavy atom. The lowest BCUT2D eigenvalue weighted by Gasteiger charge is -2.33. The van der Waals surface area contributed by atoms with Crippen molar-refractivity contribution < 1.29 is 19.0 Å². The Morgan fingerprint density at radius 3 is 2.57 bits per heavy atom. The standard InChI is InChI=1S/C19H30N6O4S/c20-30-25-8-6-23(7-9-25)17-11-22-18(12-21-17)28-13-15-1-4-24(5-2-15)19(26)29-16-3-10-27-14-16/h11-12,15-16H,1-10,13-14,20H2. The van der Waals surface area contributed by atoms with Crippen molar-refractivity contribution in [2.45, 2.75) is 25.4 Å². The van der Waals surface area contributed by atoms with Crippen LogP contribution < -0.4 is 14.8 Å². The summed E-state index contributed by atoms with van der Waals surface area (Å²) in [5.74, 6) is 1.80. The van der Waals surface area contributed by atoms with Gasteiger partial charge in [-0.05, 0) is 18.8 Å². The second-order valence-electron chi connectivity index (χ2n) is 7.85. The number of carbonyl (C=O) groups excluding carboxylic acids is 1. The van der Waals surface area contributed by atoms with Crippen molar-refractivity contribution in [1.82, 2.24) is 19.2 Å². The molecule has 11 heteroatoms. The summed E-state index contributed by atoms with van der Waals surface area (Å²) in [7, 11) is 0. The summed E-state index contributed by atoms with van der Waals surface area (Å²) in [5.41, 5.74) is 0. The van der Waals surface area contributed by atoms with Crippen molar-refractivity contribution in [2.75, 3.05) is 64.0 Å². The maximum Gasteiger partial charge on any atom is 0.410 e. The lowest BCUT2D eigenvalue weighted by molar-refractivity contribution is 0.0432. The molecular weight excluding hydrogens is 408 g/mol. The number of hydrogen-bond donors (Lipinski definition) is 1. The molecule has 0 spiro atoms. The molecule has 1 atom stereocenters. The smallest absolute Gasteiger partial charge is 0.410 e. The molecule has 0 bridgehead atoms. The van der Waals surface area contributed by atoms with Gasteiger partial charge in [0.1, 0.15) is 11.9 Å². The third-order valence-electron chi connectivity index (χ3n) is 5.82. The Balaban J connectivity index is 1.16. The topological polar surface area (TPSA) is 106 Å². The summed E-state index contributed by atoms with van der Waals surface area (Å²) in [4.78, 5) is 25.1. The third kappa shape index (κ3) is 5.65. The highest BCUT2D eigenvalue weighted by molar-refractivity contribution is 7.94. The van der Waals surface area contributed by atoms with Crippen molar-refractivity contribution in [3.05, 3.63) is 12.4 Å². The van der Waals surface area contributed by atoms with E-state index >= 15 is 0 Å². The first kappa shape index (κ1) is 21.4. The van der Waals surface area contributed by atoms with Crippen LogP contribution in [0.3, 0.4) is 0 Å². The van der Waals surface area contributed by atoms with E-state index in [0.29, 0.717) is 44.7 Å². The van der Waals surface area contributed by atoms with Crippen LogP contribution in [0.25, 0.3) is 0 Å². The Kier molecular flexibility index (Phi) is 7.47. The predicted molar refractivity (Wildman–Crippen MR) is 113 cm³/mol. The molecule has 166 valence electrons. The van der Waals surface area contributed by atoms with Gasteiger partial charge in [-0.2, -0.15) is 0 Å². The van der Waals surface area contributed by atoms with Crippen LogP contribution in [0, 0.1) is 5.92 Å². The monoisotopic (exact) mass is 438 g/mol. The van der Waals surface area contributed by atoms with Gasteiger partial charge in [0.25, 0.3) is 0 Å². The molecule has 2 N–H and O–H groups in total. The van der Waals surface area contributed by atoms with Crippen molar-refractivity contribution in [3.8, 4) is 5.88 Å². The third-order valence-corrected chi connectivity index (χ3v) is 6.48. The van der Waals surface area contributed by atoms with Gasteiger partial charge >= 0.3 is 6.09 Å². The van der Waals surface area contributed by atoms with Crippen LogP contribution in [0.5, 0.6) is 5.88 Å². The highest BCUT2D eigenvalue weighted by Crippen LogP contribution is 2.21. The molecule has 3 fully saturated rings. The molecule has 0 aromatic carbocycles. The zero-order valence-corrected chi connectivity index (χ0v) is 18.0. The molecule has 1 aromatic rings. The van der Waals surface area contributed by atoms with Crippen LogP contribution >= 0.6 is 12.1 Å². The highest BCUT2D eigenvalue weighted by Gasteiger charge is 2.27. The molecule has 3 saturated heterocycles. The predicted octanol–water partition coefficient (Wildman–Crippen LogP) is 1.14. The summed E-state index contributed by atoms with van der Waals surface area (Å²) in [6, 6.07) is 0. The van der Waals surface area contributed by atoms with Crippen LogP contribution in [0.1, 0.15) is 19.3 Å². The maximum atomic E-state index is 12.2. The average molecular weight is 439 g/mol. The largest absolute Gasteiger partial charge is 0.476 e. The summed E-state index contributed by atoms with van der Waals surface area (Å²) < 4.78 is 18.7. The second kappa shape index (κ2) is 10.5. The number of amides is 1. The van der Waals surface area contributed by atoms with Gasteiger partial charge in [0.05, 0.1) is 32.2 Å². The fraction of sp³-hybridized carbons (Fsp3) is 0.737. The molecule has 0 aliphatic carbocycles. The molecule has 1 aromatic heterocycles. The Hall–Kier alpha value is -1.82. The van der Waals surface area contributed by atoms with Crippen LogP contribution in [0.4, 0.5) is 10.6 Å². The lowest BCUT2D eigenvalue weighted by atomic mass is 9.98. The van der Waals surface area contributed by atoms with Crippen molar-refractivity contribution in [1.29, 1.82) is 0 Å². The van der Waals surface area contributed by atoms with Gasteiger partial charge in [-0.1, -0.05) is 0 Å². The van der Waals surface area contributed by atoms with Gasteiger partial charge in [-0.25, -0.2) is 19.1 Å². The van der Waals surface area contributed by atoms with E-state index in [1.54, 1.807) is 17.3 Å². The number of piperazine rings is 1. The maximum absolute atomic E-state index is 12.2. The molecular formula is C19H30N6O4S. The number of aromatic nitrogens is 2. The Bertz CT molecular complexity index is 674. The minimum Gasteiger partial charge on any atom is -0.476 e. The van der Waals surface area contributed by atoms with E-state index in [0.717, 1.165) is 51.3 Å². The Labute approximate surface area is 181 Å². The number of ether oxygens (including phenoxy) is 3. The van der Waals surface area contributed by atoms with Gasteiger partial charge in [-0.3, -0.25) is 5.14 Å². The average Bonchev–Trinajstić information content (AvgIpc) is 3.31. The molecule has 30 heavy (non-hydrogen) atoms. The number of rotatable bonds is 6. The number of nitrogens with two attached hydrogens (primary N) is 1. The fourth-order valence-electron chi connectivity index (χ4n) is 3.88. The Morgan fingerprint density at radius 1 is 1.13 bits per heavy atom. The van der Waals surface area contributed by atoms with Gasteiger partial charge in [0.2, 0.25) is 5.88 Å². The van der Waals surface area contributed by atoms with Crippen LogP contribution in [0.15, 0.2) is 12.4 Å². The molecule has 4 rings (SSSR count). The lowest BCUT2D eigenvalue weighted by Crippen LogP contribution is -2.44. The number of piperidine rings is 1. The van der Waals surface area contributed by atoms with Gasteiger partial charge < -0.3 is 24.0 Å². The zero-order chi connectivity index (χ0) is 20.8. The molecule has 3 aliphatic heterocycles. The van der Waals surface area contributed by atoms with Gasteiger partial charge in [0.15, 0.2) is 0 Å². The number of anilines is 1. The summed E-state index contributed by atoms with van der Waals surface area (Å²) in [6.07, 6.45) is 5.72. The fourth-order valence-corrected chi connectivity index (χ4v) is 4.25. The van der Waals surface area contributed by atoms with Crippen molar-refractivity contribution >= 4 is 24.0 Å². The van der Waals surface area contributed by atoms with Crippen LogP contribution in [0.2, 0.25) is 0 Å². The van der Waals surface area contributed by atoms with E-state index in [9.17, 15) is 4.79 Å². The minimum atomic E-state index is -0.225. The first-order valence-electron chi connectivity index (χ1n) is 10.6. The van der Waals surface area contributed by atoms with E-state index in [-0.39, 0.29) is 12.2 Å². The molecule has 10 nitrogen and oxygen atoms in total. The van der Waals surface area contributed by atoms with E-state index in [4.69, 9.17) is 19.3 Å². The van der Waals surface area contributed by atoms with Crippen LogP contribution in [-0.4, -0.2) is 90.5 Å². The van der Waals surface area contributed by atoms with Gasteiger partial charge in [0, 0.05) is 57.8 Å². The molecule has 4 heterocycles. The van der Waals surface area contributed by atoms with E-state index in [2.05, 4.69) is 19.2 Å². The first-order valence-corrected chi connectivity index (χ1v) is 11.4. The molecule has 0 saturated carbocycles. The van der Waals surface area contributed by atoms with Crippen molar-refractivity contribution in [3.63, 3.8) is 0 Å². The van der Waals surface area contributed by atoms with E-state index < -0.39 is 0 Å². The van der Waals surface area contributed by atoms with Gasteiger partial charge in [-0.15, -0.1) is 0 Å². The number of hydrogen-bond acceptors (Lipinski definition) is 10. The normalized spacial score (nSPS) is 23.6. The second-order valence-corrected chi connectivity index (χ2v) is 8.57.